The molecule has 1 amide bonds. The molecule has 1 saturated heterocycles. The predicted octanol–water partition coefficient (Wildman–Crippen LogP) is 1.24. The van der Waals surface area contributed by atoms with E-state index in [0.717, 1.165) is 42.3 Å². The second-order valence-electron chi connectivity index (χ2n) is 6.61. The summed E-state index contributed by atoms with van der Waals surface area (Å²) in [7, 11) is -3.71. The van der Waals surface area contributed by atoms with Crippen LogP contribution in [-0.4, -0.2) is 55.3 Å². The van der Waals surface area contributed by atoms with Crippen molar-refractivity contribution in [3.63, 3.8) is 0 Å². The molecule has 1 aliphatic rings. The van der Waals surface area contributed by atoms with E-state index < -0.39 is 10.0 Å². The van der Waals surface area contributed by atoms with Crippen molar-refractivity contribution in [2.24, 2.45) is 5.14 Å². The van der Waals surface area contributed by atoms with Crippen molar-refractivity contribution >= 4 is 27.3 Å². The maximum Gasteiger partial charge on any atom is 0.238 e. The molecule has 1 aromatic heterocycles. The van der Waals surface area contributed by atoms with Crippen LogP contribution in [0.4, 0.5) is 0 Å². The van der Waals surface area contributed by atoms with E-state index in [1.54, 1.807) is 23.5 Å². The quantitative estimate of drug-likeness (QED) is 0.776. The highest BCUT2D eigenvalue weighted by Gasteiger charge is 2.22. The van der Waals surface area contributed by atoms with Crippen molar-refractivity contribution in [1.82, 2.24) is 14.8 Å². The van der Waals surface area contributed by atoms with Gasteiger partial charge in [0.25, 0.3) is 0 Å². The number of aryl methyl sites for hydroxylation is 1. The van der Waals surface area contributed by atoms with Gasteiger partial charge in [0.15, 0.2) is 0 Å². The number of nitrogens with zero attached hydrogens (tertiary/aromatic N) is 3. The Kier molecular flexibility index (Phi) is 6.25. The maximum atomic E-state index is 12.5. The van der Waals surface area contributed by atoms with E-state index in [0.29, 0.717) is 13.1 Å². The van der Waals surface area contributed by atoms with Gasteiger partial charge in [-0.1, -0.05) is 19.1 Å². The van der Waals surface area contributed by atoms with Crippen molar-refractivity contribution in [1.29, 1.82) is 0 Å². The molecular weight excluding hydrogens is 384 g/mol. The van der Waals surface area contributed by atoms with E-state index in [-0.39, 0.29) is 17.2 Å². The van der Waals surface area contributed by atoms with Gasteiger partial charge in [-0.25, -0.2) is 18.5 Å². The largest absolute Gasteiger partial charge is 0.340 e. The van der Waals surface area contributed by atoms with E-state index in [2.05, 4.69) is 22.2 Å². The van der Waals surface area contributed by atoms with E-state index in [1.165, 1.54) is 12.1 Å². The molecule has 0 bridgehead atoms. The number of amides is 1. The molecule has 146 valence electrons. The molecule has 0 unspecified atom stereocenters. The number of rotatable bonds is 6. The average molecular weight is 409 g/mol. The molecule has 0 spiro atoms. The number of hydrogen-bond donors (Lipinski definition) is 1. The maximum absolute atomic E-state index is 12.5. The third-order valence-electron chi connectivity index (χ3n) is 4.62. The summed E-state index contributed by atoms with van der Waals surface area (Å²) in [4.78, 5) is 21.4. The second-order valence-corrected chi connectivity index (χ2v) is 9.11. The van der Waals surface area contributed by atoms with Crippen molar-refractivity contribution in [2.75, 3.05) is 26.2 Å². The lowest BCUT2D eigenvalue weighted by molar-refractivity contribution is -0.132. The zero-order valence-corrected chi connectivity index (χ0v) is 16.9. The summed E-state index contributed by atoms with van der Waals surface area (Å²) in [5.41, 5.74) is 1.89. The van der Waals surface area contributed by atoms with Gasteiger partial charge in [-0.05, 0) is 24.1 Å². The number of primary sulfonamides is 1. The highest BCUT2D eigenvalue weighted by atomic mass is 32.2. The third-order valence-corrected chi connectivity index (χ3v) is 6.59. The summed E-state index contributed by atoms with van der Waals surface area (Å²) in [5.74, 6) is 0.0555. The molecule has 7 nitrogen and oxygen atoms in total. The Hall–Kier alpha value is -1.81. The Morgan fingerprint density at radius 1 is 1.19 bits per heavy atom. The Balaban J connectivity index is 1.49. The summed E-state index contributed by atoms with van der Waals surface area (Å²) in [6.07, 6.45) is 1.22. The first-order chi connectivity index (χ1) is 12.8. The highest BCUT2D eigenvalue weighted by molar-refractivity contribution is 7.89. The molecule has 0 saturated carbocycles. The lowest BCUT2D eigenvalue weighted by Crippen LogP contribution is -2.48. The van der Waals surface area contributed by atoms with E-state index in [4.69, 9.17) is 5.14 Å². The van der Waals surface area contributed by atoms with Gasteiger partial charge < -0.3 is 4.90 Å². The van der Waals surface area contributed by atoms with E-state index in [9.17, 15) is 13.2 Å². The zero-order chi connectivity index (χ0) is 19.4. The molecule has 2 N–H and O–H groups in total. The van der Waals surface area contributed by atoms with Gasteiger partial charge in [0, 0.05) is 38.1 Å². The number of carbonyl (C=O) groups is 1. The number of hydrogen-bond acceptors (Lipinski definition) is 6. The molecule has 9 heteroatoms. The van der Waals surface area contributed by atoms with Crippen molar-refractivity contribution in [2.45, 2.75) is 31.2 Å². The molecule has 0 radical (unpaired) electrons. The molecule has 0 atom stereocenters. The minimum absolute atomic E-state index is 0.0555. The fourth-order valence-corrected chi connectivity index (χ4v) is 4.30. The smallest absolute Gasteiger partial charge is 0.238 e. The van der Waals surface area contributed by atoms with Crippen molar-refractivity contribution < 1.29 is 13.2 Å². The number of sulfonamides is 1. The third kappa shape index (κ3) is 5.35. The van der Waals surface area contributed by atoms with E-state index >= 15 is 0 Å². The summed E-state index contributed by atoms with van der Waals surface area (Å²) in [6, 6.07) is 6.16. The average Bonchev–Trinajstić information content (AvgIpc) is 3.09. The van der Waals surface area contributed by atoms with Gasteiger partial charge >= 0.3 is 0 Å². The Bertz CT molecular complexity index is 886. The fourth-order valence-electron chi connectivity index (χ4n) is 3.05. The van der Waals surface area contributed by atoms with Gasteiger partial charge in [0.05, 0.1) is 22.0 Å². The van der Waals surface area contributed by atoms with Gasteiger partial charge in [-0.15, -0.1) is 11.3 Å². The molecule has 2 heterocycles. The molecule has 1 aromatic carbocycles. The standard InChI is InChI=1S/C18H24N4O3S2/c1-2-17-20-15(13-26-17)12-21-7-9-22(10-8-21)18(23)11-14-3-5-16(6-4-14)27(19,24)25/h3-6,13H,2,7-12H2,1H3,(H2,19,24,25). The number of piperazine rings is 1. The number of aromatic nitrogens is 1. The minimum atomic E-state index is -3.71. The van der Waals surface area contributed by atoms with Crippen LogP contribution >= 0.6 is 11.3 Å². The van der Waals surface area contributed by atoms with Crippen molar-refractivity contribution in [3.05, 3.63) is 45.9 Å². The minimum Gasteiger partial charge on any atom is -0.340 e. The summed E-state index contributed by atoms with van der Waals surface area (Å²) >= 11 is 1.70. The van der Waals surface area contributed by atoms with Crippen LogP contribution in [0.2, 0.25) is 0 Å². The first-order valence-corrected chi connectivity index (χ1v) is 11.3. The molecular formula is C18H24N4O3S2. The van der Waals surface area contributed by atoms with Crippen LogP contribution in [0.1, 0.15) is 23.2 Å². The van der Waals surface area contributed by atoms with Crippen molar-refractivity contribution in [3.8, 4) is 0 Å². The topological polar surface area (TPSA) is 96.6 Å². The second kappa shape index (κ2) is 8.47. The lowest BCUT2D eigenvalue weighted by Gasteiger charge is -2.34. The summed E-state index contributed by atoms with van der Waals surface area (Å²) < 4.78 is 22.6. The van der Waals surface area contributed by atoms with Gasteiger partial charge in [-0.2, -0.15) is 0 Å². The highest BCUT2D eigenvalue weighted by Crippen LogP contribution is 2.15. The number of benzene rings is 1. The van der Waals surface area contributed by atoms with Gasteiger partial charge in [-0.3, -0.25) is 9.69 Å². The van der Waals surface area contributed by atoms with Crippen LogP contribution in [-0.2, 0) is 34.2 Å². The SMILES string of the molecule is CCc1nc(CN2CCN(C(=O)Cc3ccc(S(N)(=O)=O)cc3)CC2)cs1. The van der Waals surface area contributed by atoms with Gasteiger partial charge in [0.2, 0.25) is 15.9 Å². The first kappa shape index (κ1) is 19.9. The monoisotopic (exact) mass is 408 g/mol. The predicted molar refractivity (Wildman–Crippen MR) is 105 cm³/mol. The number of carbonyl (C=O) groups excluding carboxylic acids is 1. The van der Waals surface area contributed by atoms with Crippen LogP contribution in [0.15, 0.2) is 34.5 Å². The summed E-state index contributed by atoms with van der Waals surface area (Å²) in [5, 5.41) is 8.36. The summed E-state index contributed by atoms with van der Waals surface area (Å²) in [6.45, 7) is 5.98. The van der Waals surface area contributed by atoms with Crippen LogP contribution in [0.5, 0.6) is 0 Å². The van der Waals surface area contributed by atoms with Crippen LogP contribution < -0.4 is 5.14 Å². The fraction of sp³-hybridized carbons (Fsp3) is 0.444. The Morgan fingerprint density at radius 2 is 1.85 bits per heavy atom. The van der Waals surface area contributed by atoms with Crippen LogP contribution in [0.25, 0.3) is 0 Å². The first-order valence-electron chi connectivity index (χ1n) is 8.90. The van der Waals surface area contributed by atoms with Crippen LogP contribution in [0.3, 0.4) is 0 Å². The molecule has 2 aromatic rings. The van der Waals surface area contributed by atoms with E-state index in [1.807, 2.05) is 4.90 Å². The molecule has 0 aliphatic carbocycles. The molecule has 1 aliphatic heterocycles. The molecule has 3 rings (SSSR count). The molecule has 27 heavy (non-hydrogen) atoms. The number of nitrogens with two attached hydrogens (primary N) is 1. The van der Waals surface area contributed by atoms with Gasteiger partial charge in [0.1, 0.15) is 0 Å². The Morgan fingerprint density at radius 3 is 2.41 bits per heavy atom. The normalized spacial score (nSPS) is 15.9. The Labute approximate surface area is 163 Å². The lowest BCUT2D eigenvalue weighted by atomic mass is 10.1. The molecule has 1 fully saturated rings. The zero-order valence-electron chi connectivity index (χ0n) is 15.3. The van der Waals surface area contributed by atoms with Crippen LogP contribution in [0, 0.1) is 0 Å². The number of thiazole rings is 1.